The Bertz CT molecular complexity index is 228. The number of aliphatic hydroxyl groups is 2. The molecule has 0 heterocycles. The summed E-state index contributed by atoms with van der Waals surface area (Å²) in [6.45, 7) is 2.11. The summed E-state index contributed by atoms with van der Waals surface area (Å²) in [6, 6.07) is 0. The number of rotatable bonds is 4. The third-order valence-corrected chi connectivity index (χ3v) is 4.45. The van der Waals surface area contributed by atoms with Crippen molar-refractivity contribution in [1.29, 1.82) is 0 Å². The molecule has 0 spiro atoms. The molecule has 0 bridgehead atoms. The van der Waals surface area contributed by atoms with E-state index in [1.165, 1.54) is 25.7 Å². The minimum atomic E-state index is -0.0908. The van der Waals surface area contributed by atoms with Gasteiger partial charge in [-0.25, -0.2) is 0 Å². The van der Waals surface area contributed by atoms with Gasteiger partial charge in [-0.05, 0) is 44.6 Å². The average Bonchev–Trinajstić information content (AvgIpc) is 2.42. The van der Waals surface area contributed by atoms with Crippen molar-refractivity contribution in [2.45, 2.75) is 57.2 Å². The number of aliphatic hydroxyl groups excluding tert-OH is 2. The van der Waals surface area contributed by atoms with Crippen LogP contribution in [0.2, 0.25) is 0 Å². The second-order valence-electron chi connectivity index (χ2n) is 6.18. The van der Waals surface area contributed by atoms with Crippen molar-refractivity contribution >= 4 is 0 Å². The van der Waals surface area contributed by atoms with Gasteiger partial charge in [0, 0.05) is 13.1 Å². The first kappa shape index (κ1) is 13.3. The molecule has 0 amide bonds. The van der Waals surface area contributed by atoms with Crippen molar-refractivity contribution in [3.05, 3.63) is 0 Å². The molecule has 3 nitrogen and oxygen atoms in total. The van der Waals surface area contributed by atoms with Gasteiger partial charge >= 0.3 is 0 Å². The molecule has 0 radical (unpaired) electrons. The van der Waals surface area contributed by atoms with Crippen LogP contribution in [0.1, 0.15) is 44.9 Å². The van der Waals surface area contributed by atoms with E-state index in [1.54, 1.807) is 0 Å². The average molecular weight is 241 g/mol. The summed E-state index contributed by atoms with van der Waals surface area (Å²) in [6.07, 6.45) is 7.72. The molecule has 0 aliphatic heterocycles. The SMILES string of the molecule is CN(CC1CC(O)C1)CC1CCCCCC1O. The van der Waals surface area contributed by atoms with Gasteiger partial charge in [0.25, 0.3) is 0 Å². The molecule has 100 valence electrons. The fraction of sp³-hybridized carbons (Fsp3) is 1.00. The van der Waals surface area contributed by atoms with Gasteiger partial charge in [0.15, 0.2) is 0 Å². The van der Waals surface area contributed by atoms with Crippen LogP contribution in [-0.4, -0.2) is 47.5 Å². The molecule has 0 saturated heterocycles. The molecule has 2 aliphatic rings. The van der Waals surface area contributed by atoms with Gasteiger partial charge in [0.1, 0.15) is 0 Å². The van der Waals surface area contributed by atoms with Gasteiger partial charge in [0.2, 0.25) is 0 Å². The topological polar surface area (TPSA) is 43.7 Å². The summed E-state index contributed by atoms with van der Waals surface area (Å²) < 4.78 is 0. The molecule has 0 aromatic carbocycles. The summed E-state index contributed by atoms with van der Waals surface area (Å²) in [5.41, 5.74) is 0. The Morgan fingerprint density at radius 3 is 2.41 bits per heavy atom. The third-order valence-electron chi connectivity index (χ3n) is 4.45. The summed E-state index contributed by atoms with van der Waals surface area (Å²) >= 11 is 0. The van der Waals surface area contributed by atoms with Crippen molar-refractivity contribution in [3.63, 3.8) is 0 Å². The Hall–Kier alpha value is -0.120. The first-order valence-corrected chi connectivity index (χ1v) is 7.20. The molecule has 2 saturated carbocycles. The van der Waals surface area contributed by atoms with Gasteiger partial charge in [-0.2, -0.15) is 0 Å². The van der Waals surface area contributed by atoms with Crippen molar-refractivity contribution in [1.82, 2.24) is 4.90 Å². The summed E-state index contributed by atoms with van der Waals surface area (Å²) in [5.74, 6) is 1.14. The summed E-state index contributed by atoms with van der Waals surface area (Å²) in [5, 5.41) is 19.4. The minimum Gasteiger partial charge on any atom is -0.393 e. The zero-order valence-corrected chi connectivity index (χ0v) is 11.0. The second kappa shape index (κ2) is 6.17. The molecule has 2 aliphatic carbocycles. The molecule has 0 aromatic heterocycles. The molecular formula is C14H27NO2. The Kier molecular flexibility index (Phi) is 4.83. The van der Waals surface area contributed by atoms with Crippen LogP contribution in [0.25, 0.3) is 0 Å². The van der Waals surface area contributed by atoms with Crippen molar-refractivity contribution in [2.24, 2.45) is 11.8 Å². The second-order valence-corrected chi connectivity index (χ2v) is 6.18. The number of hydrogen-bond donors (Lipinski definition) is 2. The highest BCUT2D eigenvalue weighted by Gasteiger charge is 2.29. The quantitative estimate of drug-likeness (QED) is 0.735. The normalized spacial score (nSPS) is 38.8. The fourth-order valence-electron chi connectivity index (χ4n) is 3.34. The van der Waals surface area contributed by atoms with Crippen molar-refractivity contribution < 1.29 is 10.2 Å². The zero-order chi connectivity index (χ0) is 12.3. The lowest BCUT2D eigenvalue weighted by atomic mass is 9.82. The van der Waals surface area contributed by atoms with E-state index in [4.69, 9.17) is 0 Å². The number of nitrogens with zero attached hydrogens (tertiary/aromatic N) is 1. The molecule has 17 heavy (non-hydrogen) atoms. The minimum absolute atomic E-state index is 0.0446. The highest BCUT2D eigenvalue weighted by Crippen LogP contribution is 2.29. The maximum Gasteiger partial charge on any atom is 0.0580 e. The summed E-state index contributed by atoms with van der Waals surface area (Å²) in [4.78, 5) is 2.36. The molecule has 2 N–H and O–H groups in total. The van der Waals surface area contributed by atoms with Crippen molar-refractivity contribution in [3.8, 4) is 0 Å². The molecule has 2 atom stereocenters. The largest absolute Gasteiger partial charge is 0.393 e. The van der Waals surface area contributed by atoms with E-state index >= 15 is 0 Å². The third kappa shape index (κ3) is 3.94. The predicted octanol–water partition coefficient (Wildman–Crippen LogP) is 1.63. The van der Waals surface area contributed by atoms with Crippen molar-refractivity contribution in [2.75, 3.05) is 20.1 Å². The van der Waals surface area contributed by atoms with Crippen LogP contribution in [0.5, 0.6) is 0 Å². The van der Waals surface area contributed by atoms with Gasteiger partial charge in [-0.1, -0.05) is 19.3 Å². The van der Waals surface area contributed by atoms with Crippen LogP contribution < -0.4 is 0 Å². The Balaban J connectivity index is 1.70. The monoisotopic (exact) mass is 241 g/mol. The van der Waals surface area contributed by atoms with E-state index in [2.05, 4.69) is 11.9 Å². The lowest BCUT2D eigenvalue weighted by Crippen LogP contribution is -2.40. The van der Waals surface area contributed by atoms with E-state index in [0.717, 1.165) is 32.4 Å². The van der Waals surface area contributed by atoms with Gasteiger partial charge in [0.05, 0.1) is 12.2 Å². The van der Waals surface area contributed by atoms with E-state index in [1.807, 2.05) is 0 Å². The first-order chi connectivity index (χ1) is 8.15. The van der Waals surface area contributed by atoms with Crippen LogP contribution in [-0.2, 0) is 0 Å². The lowest BCUT2D eigenvalue weighted by Gasteiger charge is -2.36. The highest BCUT2D eigenvalue weighted by molar-refractivity contribution is 4.82. The van der Waals surface area contributed by atoms with E-state index < -0.39 is 0 Å². The van der Waals surface area contributed by atoms with E-state index in [0.29, 0.717) is 11.8 Å². The fourth-order valence-corrected chi connectivity index (χ4v) is 3.34. The van der Waals surface area contributed by atoms with Crippen LogP contribution in [0, 0.1) is 11.8 Å². The van der Waals surface area contributed by atoms with Crippen LogP contribution in [0.15, 0.2) is 0 Å². The molecule has 2 rings (SSSR count). The van der Waals surface area contributed by atoms with E-state index in [9.17, 15) is 10.2 Å². The van der Waals surface area contributed by atoms with Crippen LogP contribution in [0.4, 0.5) is 0 Å². The number of hydrogen-bond acceptors (Lipinski definition) is 3. The van der Waals surface area contributed by atoms with Crippen LogP contribution >= 0.6 is 0 Å². The molecule has 0 aromatic rings. The van der Waals surface area contributed by atoms with Gasteiger partial charge < -0.3 is 15.1 Å². The first-order valence-electron chi connectivity index (χ1n) is 7.20. The smallest absolute Gasteiger partial charge is 0.0580 e. The molecular weight excluding hydrogens is 214 g/mol. The Morgan fingerprint density at radius 1 is 1.00 bits per heavy atom. The maximum absolute atomic E-state index is 10.1. The summed E-state index contributed by atoms with van der Waals surface area (Å²) in [7, 11) is 2.16. The van der Waals surface area contributed by atoms with Gasteiger partial charge in [-0.15, -0.1) is 0 Å². The standard InChI is InChI=1S/C14H27NO2/c1-15(9-11-7-13(16)8-11)10-12-5-3-2-4-6-14(12)17/h11-14,16-17H,2-10H2,1H3. The lowest BCUT2D eigenvalue weighted by molar-refractivity contribution is 0.0189. The van der Waals surface area contributed by atoms with Crippen LogP contribution in [0.3, 0.4) is 0 Å². The molecule has 2 fully saturated rings. The van der Waals surface area contributed by atoms with E-state index in [-0.39, 0.29) is 12.2 Å². The molecule has 2 unspecified atom stereocenters. The predicted molar refractivity (Wildman–Crippen MR) is 68.8 cm³/mol. The Labute approximate surface area is 105 Å². The Morgan fingerprint density at radius 2 is 1.71 bits per heavy atom. The maximum atomic E-state index is 10.1. The zero-order valence-electron chi connectivity index (χ0n) is 11.0. The highest BCUT2D eigenvalue weighted by atomic mass is 16.3. The van der Waals surface area contributed by atoms with Gasteiger partial charge in [-0.3, -0.25) is 0 Å². The molecule has 3 heteroatoms.